The minimum absolute atomic E-state index is 0.0758. The molecule has 15 unspecified atom stereocenters. The zero-order valence-electron chi connectivity index (χ0n) is 24.9. The molecule has 2 aliphatic heterocycles. The lowest BCUT2D eigenvalue weighted by atomic mass is 9.83. The summed E-state index contributed by atoms with van der Waals surface area (Å²) in [5.41, 5.74) is 9.67. The summed E-state index contributed by atoms with van der Waals surface area (Å²) in [5, 5.41) is 90.8. The van der Waals surface area contributed by atoms with Gasteiger partial charge in [0.1, 0.15) is 54.4 Å². The zero-order valence-corrected chi connectivity index (χ0v) is 24.9. The molecule has 3 fully saturated rings. The minimum Gasteiger partial charge on any atom is -0.395 e. The first-order chi connectivity index (χ1) is 21.0. The normalized spacial score (nSPS) is 43.6. The van der Waals surface area contributed by atoms with Crippen LogP contribution in [0, 0.1) is 0 Å². The van der Waals surface area contributed by atoms with Crippen LogP contribution in [0.2, 0.25) is 0 Å². The molecule has 0 spiro atoms. The Labute approximate surface area is 257 Å². The largest absolute Gasteiger partial charge is 0.395 e. The molecular weight excluding hydrogens is 616 g/mol. The summed E-state index contributed by atoms with van der Waals surface area (Å²) in [6.45, 7) is -0.495. The lowest BCUT2D eigenvalue weighted by Crippen LogP contribution is -2.70. The van der Waals surface area contributed by atoms with Gasteiger partial charge in [-0.25, -0.2) is 8.78 Å². The van der Waals surface area contributed by atoms with Crippen molar-refractivity contribution < 1.29 is 73.4 Å². The highest BCUT2D eigenvalue weighted by atomic mass is 19.3. The van der Waals surface area contributed by atoms with Crippen LogP contribution in [0.5, 0.6) is 0 Å². The van der Waals surface area contributed by atoms with Gasteiger partial charge in [-0.1, -0.05) is 0 Å². The molecule has 20 heteroatoms. The first kappa shape index (κ1) is 38.1. The number of aliphatic hydroxyl groups is 8. The van der Waals surface area contributed by atoms with Crippen LogP contribution in [-0.2, 0) is 23.7 Å². The van der Waals surface area contributed by atoms with E-state index in [2.05, 4.69) is 16.0 Å². The van der Waals surface area contributed by atoms with Crippen LogP contribution < -0.4 is 27.4 Å². The van der Waals surface area contributed by atoms with Crippen molar-refractivity contribution in [2.45, 2.75) is 111 Å². The number of alkyl halides is 2. The van der Waals surface area contributed by atoms with Gasteiger partial charge in [0, 0.05) is 19.1 Å². The summed E-state index contributed by atoms with van der Waals surface area (Å²) in [4.78, 5) is 12.6. The quantitative estimate of drug-likeness (QED) is 0.0814. The maximum atomic E-state index is 14.0. The predicted molar refractivity (Wildman–Crippen MR) is 146 cm³/mol. The molecule has 1 amide bonds. The van der Waals surface area contributed by atoms with Crippen LogP contribution in [-0.4, -0.2) is 184 Å². The molecule has 15 N–H and O–H groups in total. The summed E-state index contributed by atoms with van der Waals surface area (Å²) in [7, 11) is 1.46. The highest BCUT2D eigenvalue weighted by Crippen LogP contribution is 2.33. The molecule has 45 heavy (non-hydrogen) atoms. The van der Waals surface area contributed by atoms with Crippen molar-refractivity contribution in [2.75, 3.05) is 39.9 Å². The molecule has 0 aromatic rings. The van der Waals surface area contributed by atoms with Crippen LogP contribution in [0.25, 0.3) is 0 Å². The fraction of sp³-hybridized carbons (Fsp3) is 0.960. The van der Waals surface area contributed by atoms with Gasteiger partial charge < -0.3 is 87.2 Å². The minimum atomic E-state index is -4.00. The molecule has 0 aromatic carbocycles. The SMILES string of the molecule is CNC1C(O)C(OC2C(NC(=O)C(O)C(F)(F)CN)CC(N)C(OC3OC(CNCCO)C(O)C(O)C3O)C2O)OCC1(C)O. The zero-order chi connectivity index (χ0) is 33.9. The van der Waals surface area contributed by atoms with E-state index in [0.717, 1.165) is 0 Å². The van der Waals surface area contributed by atoms with Gasteiger partial charge in [-0.05, 0) is 20.4 Å². The van der Waals surface area contributed by atoms with Crippen LogP contribution in [0.1, 0.15) is 13.3 Å². The number of hydrogen-bond donors (Lipinski definition) is 13. The van der Waals surface area contributed by atoms with Gasteiger partial charge in [-0.15, -0.1) is 0 Å². The average Bonchev–Trinajstić information content (AvgIpc) is 2.98. The Morgan fingerprint density at radius 1 is 1.07 bits per heavy atom. The molecule has 264 valence electrons. The molecule has 2 heterocycles. The van der Waals surface area contributed by atoms with E-state index >= 15 is 0 Å². The van der Waals surface area contributed by atoms with Gasteiger partial charge in [0.2, 0.25) is 0 Å². The summed E-state index contributed by atoms with van der Waals surface area (Å²) < 4.78 is 50.7. The summed E-state index contributed by atoms with van der Waals surface area (Å²) in [6, 6.07) is -3.61. The standard InChI is InChI=1S/C25H47F2N5O13/c1-24(41)8-42-22(16(38)19(24)30-2)45-18-10(32-21(40)20(39)25(26,27)7-28)5-9(29)17(15(18)37)44-23-14(36)13(35)12(34)11(43-23)6-31-3-4-33/h9-20,22-23,30-31,33-39,41H,3-8,28-29H2,1-2H3,(H,32,40). The van der Waals surface area contributed by atoms with E-state index in [-0.39, 0.29) is 32.7 Å². The lowest BCUT2D eigenvalue weighted by Gasteiger charge is -2.49. The molecule has 3 aliphatic rings. The second-order valence-corrected chi connectivity index (χ2v) is 11.8. The highest BCUT2D eigenvalue weighted by molar-refractivity contribution is 5.82. The topological polar surface area (TPSA) is 304 Å². The molecule has 0 aromatic heterocycles. The molecule has 0 radical (unpaired) electrons. The van der Waals surface area contributed by atoms with Gasteiger partial charge in [0.15, 0.2) is 18.7 Å². The van der Waals surface area contributed by atoms with Gasteiger partial charge in [0.25, 0.3) is 11.8 Å². The second kappa shape index (κ2) is 15.7. The predicted octanol–water partition coefficient (Wildman–Crippen LogP) is -7.27. The van der Waals surface area contributed by atoms with E-state index < -0.39 is 110 Å². The van der Waals surface area contributed by atoms with Crippen LogP contribution >= 0.6 is 0 Å². The number of carbonyl (C=O) groups excluding carboxylic acids is 1. The second-order valence-electron chi connectivity index (χ2n) is 11.8. The van der Waals surface area contributed by atoms with Gasteiger partial charge >= 0.3 is 0 Å². The maximum absolute atomic E-state index is 14.0. The van der Waals surface area contributed by atoms with Gasteiger partial charge in [-0.3, -0.25) is 4.79 Å². The third-order valence-electron chi connectivity index (χ3n) is 8.29. The van der Waals surface area contributed by atoms with E-state index in [1.54, 1.807) is 0 Å². The summed E-state index contributed by atoms with van der Waals surface area (Å²) >= 11 is 0. The first-order valence-electron chi connectivity index (χ1n) is 14.5. The molecule has 15 atom stereocenters. The van der Waals surface area contributed by atoms with Crippen molar-refractivity contribution in [3.8, 4) is 0 Å². The number of hydrogen-bond acceptors (Lipinski definition) is 17. The van der Waals surface area contributed by atoms with Crippen molar-refractivity contribution in [1.29, 1.82) is 0 Å². The fourth-order valence-electron chi connectivity index (χ4n) is 5.70. The number of halogens is 2. The Balaban J connectivity index is 1.86. The highest BCUT2D eigenvalue weighted by Gasteiger charge is 2.54. The van der Waals surface area contributed by atoms with Crippen molar-refractivity contribution in [3.05, 3.63) is 0 Å². The Morgan fingerprint density at radius 2 is 1.71 bits per heavy atom. The number of rotatable bonds is 13. The maximum Gasteiger partial charge on any atom is 0.294 e. The Bertz CT molecular complexity index is 961. The van der Waals surface area contributed by atoms with Gasteiger partial charge in [-0.2, -0.15) is 0 Å². The number of aliphatic hydroxyl groups excluding tert-OH is 7. The molecule has 2 saturated heterocycles. The van der Waals surface area contributed by atoms with E-state index in [1.807, 2.05) is 0 Å². The number of nitrogens with one attached hydrogen (secondary N) is 3. The van der Waals surface area contributed by atoms with E-state index in [0.29, 0.717) is 0 Å². The van der Waals surface area contributed by atoms with E-state index in [4.69, 9.17) is 35.5 Å². The number of nitrogens with two attached hydrogens (primary N) is 2. The lowest BCUT2D eigenvalue weighted by molar-refractivity contribution is -0.331. The molecule has 3 rings (SSSR count). The third-order valence-corrected chi connectivity index (χ3v) is 8.29. The molecule has 1 aliphatic carbocycles. The summed E-state index contributed by atoms with van der Waals surface area (Å²) in [6.07, 6.45) is -19.3. The van der Waals surface area contributed by atoms with E-state index in [9.17, 15) is 49.3 Å². The Morgan fingerprint density at radius 3 is 2.31 bits per heavy atom. The molecule has 18 nitrogen and oxygen atoms in total. The number of amides is 1. The van der Waals surface area contributed by atoms with Crippen LogP contribution in [0.15, 0.2) is 0 Å². The van der Waals surface area contributed by atoms with E-state index in [1.165, 1.54) is 14.0 Å². The monoisotopic (exact) mass is 663 g/mol. The van der Waals surface area contributed by atoms with Crippen LogP contribution in [0.3, 0.4) is 0 Å². The molecule has 0 bridgehead atoms. The fourth-order valence-corrected chi connectivity index (χ4v) is 5.70. The van der Waals surface area contributed by atoms with Crippen molar-refractivity contribution in [3.63, 3.8) is 0 Å². The van der Waals surface area contributed by atoms with Crippen LogP contribution in [0.4, 0.5) is 8.78 Å². The molecule has 1 saturated carbocycles. The van der Waals surface area contributed by atoms with Gasteiger partial charge in [0.05, 0.1) is 31.8 Å². The number of ether oxygens (including phenoxy) is 4. The third kappa shape index (κ3) is 8.59. The average molecular weight is 664 g/mol. The number of carbonyl (C=O) groups is 1. The van der Waals surface area contributed by atoms with Crippen molar-refractivity contribution in [2.24, 2.45) is 11.5 Å². The molecular formula is C25H47F2N5O13. The Kier molecular flexibility index (Phi) is 13.3. The summed E-state index contributed by atoms with van der Waals surface area (Å²) in [5.74, 6) is -5.57. The first-order valence-corrected chi connectivity index (χ1v) is 14.5. The smallest absolute Gasteiger partial charge is 0.294 e. The Hall–Kier alpha value is -1.31. The van der Waals surface area contributed by atoms with Crippen molar-refractivity contribution >= 4 is 5.91 Å². The number of likely N-dealkylation sites (N-methyl/N-ethyl adjacent to an activating group) is 1. The van der Waals surface area contributed by atoms with Crippen molar-refractivity contribution in [1.82, 2.24) is 16.0 Å².